The Balaban J connectivity index is 2.27. The molecule has 0 bridgehead atoms. The fourth-order valence-electron chi connectivity index (χ4n) is 1.88. The average molecular weight is 193 g/mol. The number of nitrogens with one attached hydrogen (secondary N) is 1. The van der Waals surface area contributed by atoms with Gasteiger partial charge >= 0.3 is 0 Å². The Labute approximate surface area is 83.9 Å². The molecule has 14 heavy (non-hydrogen) atoms. The largest absolute Gasteiger partial charge is 0.634 e. The first-order valence-electron chi connectivity index (χ1n) is 4.97. The van der Waals surface area contributed by atoms with Crippen molar-refractivity contribution in [3.05, 3.63) is 34.5 Å². The van der Waals surface area contributed by atoms with Gasteiger partial charge in [-0.25, -0.2) is 0 Å². The standard InChI is InChI=1S/C11H15NO2/c1-14-11-3-2-9-4-6-12(13)7-5-10(9)8-11/h2-3,8,12H,4-7H2,1H3. The Morgan fingerprint density at radius 1 is 1.21 bits per heavy atom. The van der Waals surface area contributed by atoms with E-state index in [9.17, 15) is 5.21 Å². The number of methoxy groups -OCH3 is 1. The Kier molecular flexibility index (Phi) is 2.70. The lowest BCUT2D eigenvalue weighted by atomic mass is 10.0. The molecule has 1 aliphatic heterocycles. The minimum Gasteiger partial charge on any atom is -0.634 e. The van der Waals surface area contributed by atoms with E-state index in [4.69, 9.17) is 4.74 Å². The molecular weight excluding hydrogens is 178 g/mol. The van der Waals surface area contributed by atoms with Crippen molar-refractivity contribution in [1.82, 2.24) is 0 Å². The fraction of sp³-hybridized carbons (Fsp3) is 0.455. The number of hydroxylamine groups is 2. The van der Waals surface area contributed by atoms with E-state index in [2.05, 4.69) is 6.07 Å². The second kappa shape index (κ2) is 3.98. The van der Waals surface area contributed by atoms with Gasteiger partial charge in [0.15, 0.2) is 0 Å². The lowest BCUT2D eigenvalue weighted by molar-refractivity contribution is -0.846. The van der Waals surface area contributed by atoms with Crippen molar-refractivity contribution in [3.63, 3.8) is 0 Å². The van der Waals surface area contributed by atoms with Crippen LogP contribution in [0.25, 0.3) is 0 Å². The maximum atomic E-state index is 11.3. The Hall–Kier alpha value is -1.06. The summed E-state index contributed by atoms with van der Waals surface area (Å²) in [6.45, 7) is 1.37. The highest BCUT2D eigenvalue weighted by Crippen LogP contribution is 2.18. The predicted octanol–water partition coefficient (Wildman–Crippen LogP) is 0.176. The van der Waals surface area contributed by atoms with Crippen LogP contribution in [0.3, 0.4) is 0 Å². The maximum Gasteiger partial charge on any atom is 0.119 e. The summed E-state index contributed by atoms with van der Waals surface area (Å²) in [5, 5.41) is 11.6. The Morgan fingerprint density at radius 3 is 2.64 bits per heavy atom. The van der Waals surface area contributed by atoms with Gasteiger partial charge in [-0.2, -0.15) is 0 Å². The van der Waals surface area contributed by atoms with E-state index in [-0.39, 0.29) is 0 Å². The monoisotopic (exact) mass is 193 g/mol. The molecule has 76 valence electrons. The normalized spacial score (nSPS) is 21.1. The lowest BCUT2D eigenvalue weighted by Crippen LogP contribution is -3.07. The Morgan fingerprint density at radius 2 is 1.93 bits per heavy atom. The summed E-state index contributed by atoms with van der Waals surface area (Å²) < 4.78 is 5.16. The third-order valence-electron chi connectivity index (χ3n) is 2.76. The molecule has 3 heteroatoms. The molecule has 1 aliphatic rings. The second-order valence-corrected chi connectivity index (χ2v) is 3.67. The summed E-state index contributed by atoms with van der Waals surface area (Å²) in [4.78, 5) is 0. The highest BCUT2D eigenvalue weighted by Gasteiger charge is 2.11. The van der Waals surface area contributed by atoms with Gasteiger partial charge in [-0.05, 0) is 23.3 Å². The van der Waals surface area contributed by atoms with Crippen molar-refractivity contribution in [2.24, 2.45) is 0 Å². The number of hydrogen-bond acceptors (Lipinski definition) is 2. The number of hydrogen-bond donors (Lipinski definition) is 1. The number of quaternary nitrogens is 1. The van der Waals surface area contributed by atoms with Gasteiger partial charge in [0.05, 0.1) is 20.2 Å². The van der Waals surface area contributed by atoms with Crippen LogP contribution >= 0.6 is 0 Å². The first-order valence-corrected chi connectivity index (χ1v) is 4.97. The first-order chi connectivity index (χ1) is 6.79. The SMILES string of the molecule is COc1ccc2c(c1)CC[NH+]([O-])CC2. The van der Waals surface area contributed by atoms with Gasteiger partial charge in [0.1, 0.15) is 5.75 Å². The van der Waals surface area contributed by atoms with Gasteiger partial charge in [0.2, 0.25) is 0 Å². The van der Waals surface area contributed by atoms with E-state index in [1.54, 1.807) is 7.11 Å². The summed E-state index contributed by atoms with van der Waals surface area (Å²) in [5.41, 5.74) is 2.58. The summed E-state index contributed by atoms with van der Waals surface area (Å²) >= 11 is 0. The van der Waals surface area contributed by atoms with E-state index < -0.39 is 0 Å². The molecule has 0 aliphatic carbocycles. The van der Waals surface area contributed by atoms with Crippen molar-refractivity contribution >= 4 is 0 Å². The molecule has 0 radical (unpaired) electrons. The maximum absolute atomic E-state index is 11.3. The molecule has 0 spiro atoms. The highest BCUT2D eigenvalue weighted by atomic mass is 16.5. The van der Waals surface area contributed by atoms with Crippen LogP contribution in [0.15, 0.2) is 18.2 Å². The zero-order valence-electron chi connectivity index (χ0n) is 8.38. The van der Waals surface area contributed by atoms with Crippen LogP contribution in [0.1, 0.15) is 11.1 Å². The number of benzene rings is 1. The van der Waals surface area contributed by atoms with Gasteiger partial charge in [-0.15, -0.1) is 0 Å². The topological polar surface area (TPSA) is 36.7 Å². The number of fused-ring (bicyclic) bond motifs is 1. The molecule has 0 fully saturated rings. The third-order valence-corrected chi connectivity index (χ3v) is 2.76. The third kappa shape index (κ3) is 1.89. The molecule has 3 nitrogen and oxygen atoms in total. The van der Waals surface area contributed by atoms with Gasteiger partial charge < -0.3 is 15.0 Å². The first kappa shape index (κ1) is 9.49. The molecule has 1 atom stereocenters. The summed E-state index contributed by atoms with van der Waals surface area (Å²) in [7, 11) is 1.67. The van der Waals surface area contributed by atoms with Crippen LogP contribution in [0.5, 0.6) is 5.75 Å². The van der Waals surface area contributed by atoms with Crippen LogP contribution in [0.4, 0.5) is 0 Å². The van der Waals surface area contributed by atoms with Gasteiger partial charge in [0.25, 0.3) is 0 Å². The van der Waals surface area contributed by atoms with Crippen LogP contribution in [-0.2, 0) is 12.8 Å². The molecule has 0 saturated heterocycles. The highest BCUT2D eigenvalue weighted by molar-refractivity contribution is 5.36. The minimum absolute atomic E-state index is 0.375. The van der Waals surface area contributed by atoms with Gasteiger partial charge in [-0.1, -0.05) is 6.07 Å². The van der Waals surface area contributed by atoms with Crippen molar-refractivity contribution in [2.45, 2.75) is 12.8 Å². The van der Waals surface area contributed by atoms with Crippen LogP contribution in [0, 0.1) is 5.21 Å². The van der Waals surface area contributed by atoms with E-state index >= 15 is 0 Å². The molecule has 1 heterocycles. The van der Waals surface area contributed by atoms with Crippen LogP contribution < -0.4 is 9.80 Å². The summed E-state index contributed by atoms with van der Waals surface area (Å²) in [5.74, 6) is 0.887. The van der Waals surface area contributed by atoms with Crippen molar-refractivity contribution in [1.29, 1.82) is 0 Å². The van der Waals surface area contributed by atoms with E-state index in [1.165, 1.54) is 11.1 Å². The van der Waals surface area contributed by atoms with Crippen molar-refractivity contribution in [3.8, 4) is 5.75 Å². The molecule has 0 saturated carbocycles. The molecule has 1 unspecified atom stereocenters. The zero-order chi connectivity index (χ0) is 9.97. The molecule has 1 aromatic rings. The number of rotatable bonds is 1. The van der Waals surface area contributed by atoms with Crippen LogP contribution in [0.2, 0.25) is 0 Å². The smallest absolute Gasteiger partial charge is 0.119 e. The van der Waals surface area contributed by atoms with E-state index in [1.807, 2.05) is 12.1 Å². The molecule has 1 aromatic carbocycles. The molecule has 2 rings (SSSR count). The second-order valence-electron chi connectivity index (χ2n) is 3.67. The molecule has 0 aromatic heterocycles. The van der Waals surface area contributed by atoms with Gasteiger partial charge in [-0.3, -0.25) is 0 Å². The molecule has 1 N–H and O–H groups in total. The lowest BCUT2D eigenvalue weighted by Gasteiger charge is -2.18. The van der Waals surface area contributed by atoms with Crippen LogP contribution in [-0.4, -0.2) is 20.2 Å². The quantitative estimate of drug-likeness (QED) is 0.646. The summed E-state index contributed by atoms with van der Waals surface area (Å²) in [6.07, 6.45) is 1.75. The van der Waals surface area contributed by atoms with E-state index in [0.29, 0.717) is 18.2 Å². The predicted molar refractivity (Wildman–Crippen MR) is 54.5 cm³/mol. The minimum atomic E-state index is 0.375. The average Bonchev–Trinajstić information content (AvgIpc) is 2.40. The molecule has 0 amide bonds. The zero-order valence-corrected chi connectivity index (χ0v) is 8.38. The Bertz CT molecular complexity index is 325. The van der Waals surface area contributed by atoms with Crippen molar-refractivity contribution < 1.29 is 9.80 Å². The molecular formula is C11H15NO2. The van der Waals surface area contributed by atoms with Gasteiger partial charge in [0, 0.05) is 12.8 Å². The van der Waals surface area contributed by atoms with Crippen molar-refractivity contribution in [2.75, 3.05) is 20.2 Å². The fourth-order valence-corrected chi connectivity index (χ4v) is 1.88. The summed E-state index contributed by atoms with van der Waals surface area (Å²) in [6, 6.07) is 6.09. The van der Waals surface area contributed by atoms with E-state index in [0.717, 1.165) is 18.6 Å². The number of ether oxygens (including phenoxy) is 1.